The van der Waals surface area contributed by atoms with Gasteiger partial charge in [0.05, 0.1) is 12.5 Å². The highest BCUT2D eigenvalue weighted by atomic mass is 32.2. The molecule has 1 aromatic rings. The van der Waals surface area contributed by atoms with Gasteiger partial charge in [-0.3, -0.25) is 9.59 Å². The molecule has 0 bridgehead atoms. The third kappa shape index (κ3) is 4.48. The Bertz CT molecular complexity index is 549. The van der Waals surface area contributed by atoms with Crippen molar-refractivity contribution < 1.29 is 9.59 Å². The number of thioether (sulfide) groups is 1. The van der Waals surface area contributed by atoms with Crippen molar-refractivity contribution in [3.63, 3.8) is 0 Å². The van der Waals surface area contributed by atoms with E-state index in [9.17, 15) is 9.59 Å². The number of amides is 2. The molecular weight excluding hydrogens is 310 g/mol. The molecule has 2 amide bonds. The van der Waals surface area contributed by atoms with Crippen LogP contribution in [0.25, 0.3) is 0 Å². The van der Waals surface area contributed by atoms with Gasteiger partial charge in [0.1, 0.15) is 0 Å². The maximum Gasteiger partial charge on any atom is 0.241 e. The summed E-state index contributed by atoms with van der Waals surface area (Å²) in [6.45, 7) is 2.62. The lowest BCUT2D eigenvalue weighted by molar-refractivity contribution is -0.130. The van der Waals surface area contributed by atoms with Gasteiger partial charge in [0.25, 0.3) is 0 Å². The minimum atomic E-state index is -0.0757. The second kappa shape index (κ2) is 7.84. The highest BCUT2D eigenvalue weighted by Crippen LogP contribution is 2.15. The van der Waals surface area contributed by atoms with Crippen LogP contribution >= 0.6 is 11.8 Å². The molecule has 0 aliphatic carbocycles. The molecule has 0 radical (unpaired) electrons. The number of anilines is 1. The summed E-state index contributed by atoms with van der Waals surface area (Å²) in [5.41, 5.74) is 1.78. The van der Waals surface area contributed by atoms with Crippen molar-refractivity contribution in [3.8, 4) is 0 Å². The Morgan fingerprint density at radius 1 is 1.22 bits per heavy atom. The molecule has 2 N–H and O–H groups in total. The van der Waals surface area contributed by atoms with Crippen LogP contribution in [0, 0.1) is 0 Å². The lowest BCUT2D eigenvalue weighted by atomic mass is 10.1. The van der Waals surface area contributed by atoms with Crippen LogP contribution in [0.15, 0.2) is 24.3 Å². The zero-order valence-electron chi connectivity index (χ0n) is 13.2. The average molecular weight is 333 g/mol. The molecule has 1 atom stereocenters. The van der Waals surface area contributed by atoms with Crippen LogP contribution in [0.4, 0.5) is 5.69 Å². The molecule has 2 heterocycles. The van der Waals surface area contributed by atoms with Crippen LogP contribution in [0.1, 0.15) is 18.4 Å². The minimum absolute atomic E-state index is 0.0251. The summed E-state index contributed by atoms with van der Waals surface area (Å²) in [4.78, 5) is 26.2. The molecule has 1 unspecified atom stereocenters. The first-order valence-electron chi connectivity index (χ1n) is 8.21. The molecule has 0 aromatic heterocycles. The van der Waals surface area contributed by atoms with E-state index in [1.54, 1.807) is 0 Å². The maximum absolute atomic E-state index is 12.2. The Labute approximate surface area is 141 Å². The van der Waals surface area contributed by atoms with E-state index in [1.165, 1.54) is 0 Å². The van der Waals surface area contributed by atoms with Crippen LogP contribution < -0.4 is 10.6 Å². The van der Waals surface area contributed by atoms with Crippen LogP contribution in [0.2, 0.25) is 0 Å². The number of rotatable bonds is 4. The summed E-state index contributed by atoms with van der Waals surface area (Å²) in [6.07, 6.45) is 2.38. The van der Waals surface area contributed by atoms with Gasteiger partial charge in [-0.25, -0.2) is 0 Å². The first-order valence-corrected chi connectivity index (χ1v) is 9.36. The van der Waals surface area contributed by atoms with Gasteiger partial charge in [0.15, 0.2) is 0 Å². The lowest BCUT2D eigenvalue weighted by Crippen LogP contribution is -2.38. The predicted molar refractivity (Wildman–Crippen MR) is 93.7 cm³/mol. The summed E-state index contributed by atoms with van der Waals surface area (Å²) >= 11 is 1.90. The zero-order valence-corrected chi connectivity index (χ0v) is 14.0. The Morgan fingerprint density at radius 3 is 2.61 bits per heavy atom. The fourth-order valence-electron chi connectivity index (χ4n) is 2.94. The van der Waals surface area contributed by atoms with E-state index in [0.717, 1.165) is 55.2 Å². The molecule has 5 nitrogen and oxygen atoms in total. The normalized spacial score (nSPS) is 21.2. The summed E-state index contributed by atoms with van der Waals surface area (Å²) < 4.78 is 0. The first-order chi connectivity index (χ1) is 11.2. The quantitative estimate of drug-likeness (QED) is 0.876. The highest BCUT2D eigenvalue weighted by molar-refractivity contribution is 7.99. The van der Waals surface area contributed by atoms with Crippen LogP contribution in [-0.4, -0.2) is 53.9 Å². The molecule has 23 heavy (non-hydrogen) atoms. The summed E-state index contributed by atoms with van der Waals surface area (Å²) in [7, 11) is 0. The van der Waals surface area contributed by atoms with Gasteiger partial charge in [-0.05, 0) is 37.1 Å². The SMILES string of the molecule is O=C(Nc1ccc(CC(=O)N2CCSCC2)cc1)C1CCCN1. The molecule has 2 fully saturated rings. The molecule has 0 saturated carbocycles. The Morgan fingerprint density at radius 2 is 1.96 bits per heavy atom. The highest BCUT2D eigenvalue weighted by Gasteiger charge is 2.22. The van der Waals surface area contributed by atoms with Gasteiger partial charge >= 0.3 is 0 Å². The van der Waals surface area contributed by atoms with E-state index >= 15 is 0 Å². The van der Waals surface area contributed by atoms with Gasteiger partial charge in [-0.15, -0.1) is 0 Å². The molecule has 3 rings (SSSR count). The lowest BCUT2D eigenvalue weighted by Gasteiger charge is -2.26. The van der Waals surface area contributed by atoms with Crippen molar-refractivity contribution in [1.29, 1.82) is 0 Å². The second-order valence-electron chi connectivity index (χ2n) is 6.01. The van der Waals surface area contributed by atoms with Crippen LogP contribution in [-0.2, 0) is 16.0 Å². The van der Waals surface area contributed by atoms with Crippen LogP contribution in [0.3, 0.4) is 0 Å². The van der Waals surface area contributed by atoms with E-state index in [-0.39, 0.29) is 17.9 Å². The van der Waals surface area contributed by atoms with Crippen molar-refractivity contribution >= 4 is 29.3 Å². The van der Waals surface area contributed by atoms with Gasteiger partial charge in [0, 0.05) is 30.3 Å². The fourth-order valence-corrected chi connectivity index (χ4v) is 3.85. The van der Waals surface area contributed by atoms with Crippen molar-refractivity contribution in [2.45, 2.75) is 25.3 Å². The van der Waals surface area contributed by atoms with E-state index in [4.69, 9.17) is 0 Å². The van der Waals surface area contributed by atoms with Gasteiger partial charge in [-0.1, -0.05) is 12.1 Å². The fraction of sp³-hybridized carbons (Fsp3) is 0.529. The Hall–Kier alpha value is -1.53. The standard InChI is InChI=1S/C17H23N3O2S/c21-16(20-8-10-23-11-9-20)12-13-3-5-14(6-4-13)19-17(22)15-2-1-7-18-15/h3-6,15,18H,1-2,7-12H2,(H,19,22). The van der Waals surface area contributed by atoms with E-state index in [2.05, 4.69) is 10.6 Å². The number of benzene rings is 1. The Balaban J connectivity index is 1.52. The van der Waals surface area contributed by atoms with Crippen molar-refractivity contribution in [2.75, 3.05) is 36.5 Å². The van der Waals surface area contributed by atoms with E-state index < -0.39 is 0 Å². The van der Waals surface area contributed by atoms with Gasteiger partial charge in [-0.2, -0.15) is 11.8 Å². The number of carbonyl (C=O) groups excluding carboxylic acids is 2. The molecule has 2 aliphatic rings. The average Bonchev–Trinajstić information content (AvgIpc) is 3.12. The third-order valence-electron chi connectivity index (χ3n) is 4.32. The van der Waals surface area contributed by atoms with Crippen LogP contribution in [0.5, 0.6) is 0 Å². The number of nitrogens with zero attached hydrogens (tertiary/aromatic N) is 1. The number of hydrogen-bond donors (Lipinski definition) is 2. The monoisotopic (exact) mass is 333 g/mol. The van der Waals surface area contributed by atoms with Crippen molar-refractivity contribution in [1.82, 2.24) is 10.2 Å². The maximum atomic E-state index is 12.2. The van der Waals surface area contributed by atoms with Gasteiger partial charge < -0.3 is 15.5 Å². The van der Waals surface area contributed by atoms with Gasteiger partial charge in [0.2, 0.25) is 11.8 Å². The molecular formula is C17H23N3O2S. The smallest absolute Gasteiger partial charge is 0.241 e. The van der Waals surface area contributed by atoms with E-state index in [1.807, 2.05) is 40.9 Å². The molecule has 124 valence electrons. The molecule has 2 aliphatic heterocycles. The third-order valence-corrected chi connectivity index (χ3v) is 5.26. The zero-order chi connectivity index (χ0) is 16.1. The summed E-state index contributed by atoms with van der Waals surface area (Å²) in [5, 5.41) is 6.11. The first kappa shape index (κ1) is 16.3. The predicted octanol–water partition coefficient (Wildman–Crippen LogP) is 1.49. The largest absolute Gasteiger partial charge is 0.341 e. The Kier molecular flexibility index (Phi) is 5.56. The minimum Gasteiger partial charge on any atom is -0.341 e. The van der Waals surface area contributed by atoms with Crippen molar-refractivity contribution in [2.24, 2.45) is 0 Å². The van der Waals surface area contributed by atoms with E-state index in [0.29, 0.717) is 6.42 Å². The topological polar surface area (TPSA) is 61.4 Å². The summed E-state index contributed by atoms with van der Waals surface area (Å²) in [6, 6.07) is 7.53. The number of hydrogen-bond acceptors (Lipinski definition) is 4. The molecule has 0 spiro atoms. The molecule has 6 heteroatoms. The second-order valence-corrected chi connectivity index (χ2v) is 7.23. The number of nitrogens with one attached hydrogen (secondary N) is 2. The number of carbonyl (C=O) groups is 2. The molecule has 2 saturated heterocycles. The summed E-state index contributed by atoms with van der Waals surface area (Å²) in [5.74, 6) is 2.28. The van der Waals surface area contributed by atoms with Crippen molar-refractivity contribution in [3.05, 3.63) is 29.8 Å². The molecule has 1 aromatic carbocycles.